The Balaban J connectivity index is 2.62. The number of ether oxygens (including phenoxy) is 1. The molecule has 1 N–H and O–H groups in total. The van der Waals surface area contributed by atoms with Crippen molar-refractivity contribution >= 4 is 0 Å². The van der Waals surface area contributed by atoms with E-state index in [2.05, 4.69) is 26.1 Å². The van der Waals surface area contributed by atoms with Crippen LogP contribution in [0.25, 0.3) is 0 Å². The molecule has 1 saturated carbocycles. The van der Waals surface area contributed by atoms with Gasteiger partial charge in [-0.1, -0.05) is 27.2 Å². The molecule has 0 aromatic heterocycles. The zero-order valence-corrected chi connectivity index (χ0v) is 10.8. The average molecular weight is 213 g/mol. The molecular weight excluding hydrogens is 186 g/mol. The molecule has 0 radical (unpaired) electrons. The minimum absolute atomic E-state index is 0.143. The van der Waals surface area contributed by atoms with Crippen LogP contribution < -0.4 is 5.32 Å². The molecule has 0 bridgehead atoms. The predicted octanol–water partition coefficient (Wildman–Crippen LogP) is 2.97. The molecule has 2 nitrogen and oxygen atoms in total. The Morgan fingerprint density at radius 3 is 2.33 bits per heavy atom. The van der Waals surface area contributed by atoms with Gasteiger partial charge in [0, 0.05) is 13.2 Å². The van der Waals surface area contributed by atoms with Gasteiger partial charge in [-0.05, 0) is 38.1 Å². The number of methoxy groups -OCH3 is 1. The van der Waals surface area contributed by atoms with Crippen molar-refractivity contribution in [2.45, 2.75) is 64.5 Å². The number of likely N-dealkylation sites (N-methyl/N-ethyl adjacent to an activating group) is 1. The van der Waals surface area contributed by atoms with E-state index in [-0.39, 0.29) is 5.60 Å². The fraction of sp³-hybridized carbons (Fsp3) is 1.00. The molecule has 0 aromatic carbocycles. The van der Waals surface area contributed by atoms with Gasteiger partial charge in [-0.2, -0.15) is 0 Å². The zero-order chi connectivity index (χ0) is 11.3. The van der Waals surface area contributed by atoms with Crippen molar-refractivity contribution in [1.82, 2.24) is 5.32 Å². The summed E-state index contributed by atoms with van der Waals surface area (Å²) < 4.78 is 5.79. The summed E-state index contributed by atoms with van der Waals surface area (Å²) in [5.74, 6) is 0.718. The molecule has 0 aromatic rings. The van der Waals surface area contributed by atoms with Gasteiger partial charge in [0.05, 0.1) is 5.60 Å². The van der Waals surface area contributed by atoms with Gasteiger partial charge in [0.25, 0.3) is 0 Å². The maximum atomic E-state index is 5.79. The predicted molar refractivity (Wildman–Crippen MR) is 65.1 cm³/mol. The summed E-state index contributed by atoms with van der Waals surface area (Å²) in [7, 11) is 1.88. The Morgan fingerprint density at radius 1 is 1.33 bits per heavy atom. The van der Waals surface area contributed by atoms with Crippen molar-refractivity contribution in [3.63, 3.8) is 0 Å². The molecule has 1 fully saturated rings. The van der Waals surface area contributed by atoms with Crippen LogP contribution in [-0.2, 0) is 4.74 Å². The second-order valence-corrected chi connectivity index (χ2v) is 4.92. The lowest BCUT2D eigenvalue weighted by Gasteiger charge is -2.49. The van der Waals surface area contributed by atoms with E-state index in [1.165, 1.54) is 32.1 Å². The van der Waals surface area contributed by atoms with Crippen LogP contribution in [0.5, 0.6) is 0 Å². The standard InChI is InChI=1S/C13H27NO/c1-5-8-11(3)12(14-6-2)13(15-4)9-7-10-13/h11-12,14H,5-10H2,1-4H3. The molecule has 1 aliphatic carbocycles. The van der Waals surface area contributed by atoms with E-state index in [1.54, 1.807) is 0 Å². The van der Waals surface area contributed by atoms with Crippen molar-refractivity contribution in [1.29, 1.82) is 0 Å². The van der Waals surface area contributed by atoms with Crippen LogP contribution in [0.2, 0.25) is 0 Å². The number of nitrogens with one attached hydrogen (secondary N) is 1. The summed E-state index contributed by atoms with van der Waals surface area (Å²) >= 11 is 0. The Hall–Kier alpha value is -0.0800. The van der Waals surface area contributed by atoms with E-state index in [4.69, 9.17) is 4.74 Å². The Morgan fingerprint density at radius 2 is 2.00 bits per heavy atom. The molecule has 0 amide bonds. The zero-order valence-electron chi connectivity index (χ0n) is 10.8. The highest BCUT2D eigenvalue weighted by Gasteiger charge is 2.45. The molecule has 15 heavy (non-hydrogen) atoms. The topological polar surface area (TPSA) is 21.3 Å². The Kier molecular flexibility index (Phi) is 5.07. The summed E-state index contributed by atoms with van der Waals surface area (Å²) in [5, 5.41) is 3.64. The van der Waals surface area contributed by atoms with E-state index in [9.17, 15) is 0 Å². The van der Waals surface area contributed by atoms with Crippen molar-refractivity contribution in [3.8, 4) is 0 Å². The molecule has 90 valence electrons. The summed E-state index contributed by atoms with van der Waals surface area (Å²) in [6, 6.07) is 0.543. The minimum Gasteiger partial charge on any atom is -0.377 e. The molecule has 0 heterocycles. The lowest BCUT2D eigenvalue weighted by atomic mass is 9.70. The fourth-order valence-electron chi connectivity index (χ4n) is 2.91. The highest BCUT2D eigenvalue weighted by Crippen LogP contribution is 2.41. The van der Waals surface area contributed by atoms with E-state index >= 15 is 0 Å². The SMILES string of the molecule is CCCC(C)C(NCC)C1(OC)CCC1. The van der Waals surface area contributed by atoms with Gasteiger partial charge >= 0.3 is 0 Å². The highest BCUT2D eigenvalue weighted by atomic mass is 16.5. The van der Waals surface area contributed by atoms with Gasteiger partial charge in [0.1, 0.15) is 0 Å². The third kappa shape index (κ3) is 2.73. The fourth-order valence-corrected chi connectivity index (χ4v) is 2.91. The van der Waals surface area contributed by atoms with Crippen LogP contribution in [0, 0.1) is 5.92 Å². The molecule has 1 rings (SSSR count). The quantitative estimate of drug-likeness (QED) is 0.702. The summed E-state index contributed by atoms with van der Waals surface area (Å²) in [5.41, 5.74) is 0.143. The molecular formula is C13H27NO. The molecule has 0 aliphatic heterocycles. The van der Waals surface area contributed by atoms with Crippen LogP contribution in [0.3, 0.4) is 0 Å². The first-order valence-corrected chi connectivity index (χ1v) is 6.48. The number of hydrogen-bond donors (Lipinski definition) is 1. The van der Waals surface area contributed by atoms with Gasteiger partial charge in [0.2, 0.25) is 0 Å². The van der Waals surface area contributed by atoms with E-state index < -0.39 is 0 Å². The smallest absolute Gasteiger partial charge is 0.0833 e. The third-order valence-corrected chi connectivity index (χ3v) is 3.91. The number of rotatable bonds is 7. The first-order valence-electron chi connectivity index (χ1n) is 6.48. The second kappa shape index (κ2) is 5.86. The third-order valence-electron chi connectivity index (χ3n) is 3.91. The van der Waals surface area contributed by atoms with Gasteiger partial charge in [-0.25, -0.2) is 0 Å². The lowest BCUT2D eigenvalue weighted by molar-refractivity contribution is -0.110. The van der Waals surface area contributed by atoms with Crippen molar-refractivity contribution in [2.24, 2.45) is 5.92 Å². The molecule has 0 spiro atoms. The lowest BCUT2D eigenvalue weighted by Crippen LogP contribution is -2.59. The summed E-state index contributed by atoms with van der Waals surface area (Å²) in [6.07, 6.45) is 6.35. The van der Waals surface area contributed by atoms with Crippen LogP contribution in [-0.4, -0.2) is 25.3 Å². The van der Waals surface area contributed by atoms with Crippen LogP contribution in [0.15, 0.2) is 0 Å². The average Bonchev–Trinajstić information content (AvgIpc) is 2.16. The molecule has 0 saturated heterocycles. The van der Waals surface area contributed by atoms with Crippen molar-refractivity contribution in [3.05, 3.63) is 0 Å². The van der Waals surface area contributed by atoms with Gasteiger partial charge < -0.3 is 10.1 Å². The minimum atomic E-state index is 0.143. The normalized spacial score (nSPS) is 23.2. The maximum absolute atomic E-state index is 5.79. The molecule has 1 aliphatic rings. The van der Waals surface area contributed by atoms with Crippen LogP contribution >= 0.6 is 0 Å². The molecule has 2 heteroatoms. The first kappa shape index (κ1) is 13.0. The van der Waals surface area contributed by atoms with Crippen molar-refractivity contribution < 1.29 is 4.74 Å². The Labute approximate surface area is 94.8 Å². The van der Waals surface area contributed by atoms with E-state index in [0.29, 0.717) is 6.04 Å². The van der Waals surface area contributed by atoms with Crippen LogP contribution in [0.4, 0.5) is 0 Å². The molecule has 2 atom stereocenters. The van der Waals surface area contributed by atoms with E-state index in [0.717, 1.165) is 12.5 Å². The van der Waals surface area contributed by atoms with E-state index in [1.807, 2.05) is 7.11 Å². The largest absolute Gasteiger partial charge is 0.377 e. The molecule has 2 unspecified atom stereocenters. The highest BCUT2D eigenvalue weighted by molar-refractivity contribution is 5.01. The Bertz CT molecular complexity index is 172. The van der Waals surface area contributed by atoms with Gasteiger partial charge in [-0.15, -0.1) is 0 Å². The summed E-state index contributed by atoms with van der Waals surface area (Å²) in [6.45, 7) is 7.85. The van der Waals surface area contributed by atoms with Gasteiger partial charge in [0.15, 0.2) is 0 Å². The number of hydrogen-bond acceptors (Lipinski definition) is 2. The maximum Gasteiger partial charge on any atom is 0.0833 e. The monoisotopic (exact) mass is 213 g/mol. The first-order chi connectivity index (χ1) is 7.20. The van der Waals surface area contributed by atoms with Crippen molar-refractivity contribution in [2.75, 3.05) is 13.7 Å². The van der Waals surface area contributed by atoms with Crippen LogP contribution in [0.1, 0.15) is 52.9 Å². The second-order valence-electron chi connectivity index (χ2n) is 4.92. The summed E-state index contributed by atoms with van der Waals surface area (Å²) in [4.78, 5) is 0. The van der Waals surface area contributed by atoms with Gasteiger partial charge in [-0.3, -0.25) is 0 Å².